The Morgan fingerprint density at radius 2 is 2.47 bits per heavy atom. The van der Waals surface area contributed by atoms with Crippen molar-refractivity contribution >= 4 is 17.2 Å². The number of hydrogen-bond acceptors (Lipinski definition) is 3. The number of carbonyl (C=O) groups excluding carboxylic acids is 1. The molecule has 1 unspecified atom stereocenters. The molecule has 0 bridgehead atoms. The molecule has 0 aromatic carbocycles. The summed E-state index contributed by atoms with van der Waals surface area (Å²) in [5, 5.41) is 3.96. The van der Waals surface area contributed by atoms with Crippen molar-refractivity contribution in [3.63, 3.8) is 0 Å². The molecule has 1 amide bonds. The van der Waals surface area contributed by atoms with E-state index in [1.54, 1.807) is 11.3 Å². The molecule has 1 aliphatic heterocycles. The fourth-order valence-corrected chi connectivity index (χ4v) is 2.78. The Morgan fingerprint density at radius 3 is 3.00 bits per heavy atom. The first-order valence-corrected chi connectivity index (χ1v) is 6.18. The second kappa shape index (κ2) is 4.33. The second-order valence-corrected chi connectivity index (χ2v) is 4.85. The van der Waals surface area contributed by atoms with Crippen molar-refractivity contribution in [3.8, 4) is 0 Å². The van der Waals surface area contributed by atoms with Gasteiger partial charge in [-0.2, -0.15) is 11.3 Å². The summed E-state index contributed by atoms with van der Waals surface area (Å²) in [7, 11) is 0. The number of hydrogen-bond donors (Lipinski definition) is 1. The highest BCUT2D eigenvalue weighted by molar-refractivity contribution is 7.08. The molecular weight excluding hydrogens is 208 g/mol. The lowest BCUT2D eigenvalue weighted by atomic mass is 10.1. The molecule has 0 spiro atoms. The molecule has 1 saturated heterocycles. The van der Waals surface area contributed by atoms with Crippen LogP contribution in [0.3, 0.4) is 0 Å². The molecule has 2 rings (SSSR count). The third-order valence-electron chi connectivity index (χ3n) is 2.99. The number of nitrogens with two attached hydrogens (primary N) is 1. The van der Waals surface area contributed by atoms with Crippen LogP contribution in [-0.4, -0.2) is 30.4 Å². The smallest absolute Gasteiger partial charge is 0.254 e. The maximum Gasteiger partial charge on any atom is 0.254 e. The highest BCUT2D eigenvalue weighted by Gasteiger charge is 2.26. The van der Waals surface area contributed by atoms with Crippen molar-refractivity contribution in [2.45, 2.75) is 13.3 Å². The summed E-state index contributed by atoms with van der Waals surface area (Å²) < 4.78 is 0. The summed E-state index contributed by atoms with van der Waals surface area (Å²) >= 11 is 1.59. The fraction of sp³-hybridized carbons (Fsp3) is 0.545. The average Bonchev–Trinajstić information content (AvgIpc) is 2.84. The van der Waals surface area contributed by atoms with Crippen molar-refractivity contribution in [2.24, 2.45) is 11.7 Å². The number of aryl methyl sites for hydroxylation is 1. The second-order valence-electron chi connectivity index (χ2n) is 4.11. The van der Waals surface area contributed by atoms with Crippen LogP contribution in [0, 0.1) is 12.8 Å². The molecule has 1 fully saturated rings. The van der Waals surface area contributed by atoms with Gasteiger partial charge in [-0.05, 0) is 36.8 Å². The minimum absolute atomic E-state index is 0.171. The van der Waals surface area contributed by atoms with Gasteiger partial charge in [-0.3, -0.25) is 4.79 Å². The lowest BCUT2D eigenvalue weighted by Gasteiger charge is -2.15. The maximum atomic E-state index is 12.1. The van der Waals surface area contributed by atoms with Gasteiger partial charge in [-0.1, -0.05) is 0 Å². The molecule has 1 aromatic heterocycles. The van der Waals surface area contributed by atoms with E-state index in [1.165, 1.54) is 0 Å². The van der Waals surface area contributed by atoms with Crippen molar-refractivity contribution in [2.75, 3.05) is 19.6 Å². The third-order valence-corrected chi connectivity index (χ3v) is 3.85. The number of likely N-dealkylation sites (tertiary alicyclic amines) is 1. The Hall–Kier alpha value is -0.870. The van der Waals surface area contributed by atoms with E-state index < -0.39 is 0 Å². The molecule has 0 saturated carbocycles. The molecule has 1 atom stereocenters. The van der Waals surface area contributed by atoms with E-state index in [0.717, 1.165) is 30.6 Å². The van der Waals surface area contributed by atoms with Gasteiger partial charge >= 0.3 is 0 Å². The molecule has 82 valence electrons. The quantitative estimate of drug-likeness (QED) is 0.827. The van der Waals surface area contributed by atoms with Gasteiger partial charge in [0, 0.05) is 18.5 Å². The van der Waals surface area contributed by atoms with Crippen LogP contribution < -0.4 is 5.73 Å². The SMILES string of the molecule is Cc1cscc1C(=O)N1CCC(CN)C1. The molecule has 2 heterocycles. The topological polar surface area (TPSA) is 46.3 Å². The Labute approximate surface area is 93.9 Å². The summed E-state index contributed by atoms with van der Waals surface area (Å²) in [6.45, 7) is 4.35. The minimum atomic E-state index is 0.171. The molecule has 0 aliphatic carbocycles. The largest absolute Gasteiger partial charge is 0.338 e. The van der Waals surface area contributed by atoms with E-state index in [-0.39, 0.29) is 5.91 Å². The van der Waals surface area contributed by atoms with Gasteiger partial charge < -0.3 is 10.6 Å². The molecule has 0 radical (unpaired) electrons. The van der Waals surface area contributed by atoms with Crippen LogP contribution in [0.2, 0.25) is 0 Å². The number of amides is 1. The number of thiophene rings is 1. The van der Waals surface area contributed by atoms with Crippen molar-refractivity contribution < 1.29 is 4.79 Å². The minimum Gasteiger partial charge on any atom is -0.338 e. The molecule has 4 heteroatoms. The summed E-state index contributed by atoms with van der Waals surface area (Å²) in [5.41, 5.74) is 7.55. The third kappa shape index (κ3) is 2.06. The van der Waals surface area contributed by atoms with Gasteiger partial charge in [0.15, 0.2) is 0 Å². The zero-order valence-corrected chi connectivity index (χ0v) is 9.72. The fourth-order valence-electron chi connectivity index (χ4n) is 1.96. The Bertz CT molecular complexity index is 361. The van der Waals surface area contributed by atoms with E-state index in [1.807, 2.05) is 22.6 Å². The van der Waals surface area contributed by atoms with Crippen LogP contribution in [0.5, 0.6) is 0 Å². The molecular formula is C11H16N2OS. The Balaban J connectivity index is 2.07. The highest BCUT2D eigenvalue weighted by atomic mass is 32.1. The van der Waals surface area contributed by atoms with Crippen molar-refractivity contribution in [1.29, 1.82) is 0 Å². The van der Waals surface area contributed by atoms with Gasteiger partial charge in [0.1, 0.15) is 0 Å². The molecule has 3 nitrogen and oxygen atoms in total. The Morgan fingerprint density at radius 1 is 1.67 bits per heavy atom. The first kappa shape index (κ1) is 10.6. The van der Waals surface area contributed by atoms with Gasteiger partial charge in [-0.25, -0.2) is 0 Å². The standard InChI is InChI=1S/C11H16N2OS/c1-8-6-15-7-10(8)11(14)13-3-2-9(4-12)5-13/h6-7,9H,2-5,12H2,1H3. The normalized spacial score (nSPS) is 20.9. The van der Waals surface area contributed by atoms with Crippen LogP contribution >= 0.6 is 11.3 Å². The highest BCUT2D eigenvalue weighted by Crippen LogP contribution is 2.21. The zero-order chi connectivity index (χ0) is 10.8. The number of nitrogens with zero attached hydrogens (tertiary/aromatic N) is 1. The number of rotatable bonds is 2. The van der Waals surface area contributed by atoms with Gasteiger partial charge in [0.05, 0.1) is 5.56 Å². The van der Waals surface area contributed by atoms with Gasteiger partial charge in [-0.15, -0.1) is 0 Å². The predicted molar refractivity (Wildman–Crippen MR) is 62.1 cm³/mol. The lowest BCUT2D eigenvalue weighted by molar-refractivity contribution is 0.0787. The van der Waals surface area contributed by atoms with Crippen LogP contribution in [0.1, 0.15) is 22.3 Å². The van der Waals surface area contributed by atoms with Gasteiger partial charge in [0.2, 0.25) is 0 Å². The van der Waals surface area contributed by atoms with E-state index in [0.29, 0.717) is 12.5 Å². The molecule has 1 aliphatic rings. The average molecular weight is 224 g/mol. The summed E-state index contributed by atoms with van der Waals surface area (Å²) in [5.74, 6) is 0.664. The van der Waals surface area contributed by atoms with Crippen molar-refractivity contribution in [1.82, 2.24) is 4.90 Å². The summed E-state index contributed by atoms with van der Waals surface area (Å²) in [4.78, 5) is 14.0. The maximum absolute atomic E-state index is 12.1. The molecule has 2 N–H and O–H groups in total. The van der Waals surface area contributed by atoms with E-state index >= 15 is 0 Å². The Kier molecular flexibility index (Phi) is 3.07. The predicted octanol–water partition coefficient (Wildman–Crippen LogP) is 1.48. The molecule has 1 aromatic rings. The monoisotopic (exact) mass is 224 g/mol. The first-order valence-electron chi connectivity index (χ1n) is 5.24. The van der Waals surface area contributed by atoms with E-state index in [4.69, 9.17) is 5.73 Å². The van der Waals surface area contributed by atoms with Gasteiger partial charge in [0.25, 0.3) is 5.91 Å². The summed E-state index contributed by atoms with van der Waals surface area (Å²) in [6.07, 6.45) is 1.05. The number of carbonyl (C=O) groups is 1. The molecule has 15 heavy (non-hydrogen) atoms. The van der Waals surface area contributed by atoms with Crippen LogP contribution in [0.4, 0.5) is 0 Å². The van der Waals surface area contributed by atoms with Crippen LogP contribution in [0.25, 0.3) is 0 Å². The van der Waals surface area contributed by atoms with Crippen LogP contribution in [0.15, 0.2) is 10.8 Å². The van der Waals surface area contributed by atoms with Crippen molar-refractivity contribution in [3.05, 3.63) is 21.9 Å². The van der Waals surface area contributed by atoms with E-state index in [2.05, 4.69) is 0 Å². The van der Waals surface area contributed by atoms with E-state index in [9.17, 15) is 4.79 Å². The summed E-state index contributed by atoms with van der Waals surface area (Å²) in [6, 6.07) is 0. The lowest BCUT2D eigenvalue weighted by Crippen LogP contribution is -2.29. The van der Waals surface area contributed by atoms with Crippen LogP contribution in [-0.2, 0) is 0 Å². The first-order chi connectivity index (χ1) is 7.22. The zero-order valence-electron chi connectivity index (χ0n) is 8.90.